The van der Waals surface area contributed by atoms with Crippen LogP contribution < -0.4 is 4.74 Å². The number of aliphatic hydroxyl groups is 1. The van der Waals surface area contributed by atoms with Gasteiger partial charge in [0.25, 0.3) is 0 Å². The molecule has 0 aliphatic heterocycles. The molecule has 2 aromatic rings. The highest BCUT2D eigenvalue weighted by molar-refractivity contribution is 6.31. The summed E-state index contributed by atoms with van der Waals surface area (Å²) in [7, 11) is 0. The first-order valence-corrected chi connectivity index (χ1v) is 6.23. The number of rotatable bonds is 3. The topological polar surface area (TPSA) is 29.5 Å². The van der Waals surface area contributed by atoms with Crippen LogP contribution in [0.4, 0.5) is 0 Å². The van der Waals surface area contributed by atoms with Crippen LogP contribution in [-0.2, 0) is 0 Å². The number of hydrogen-bond acceptors (Lipinski definition) is 2. The van der Waals surface area contributed by atoms with Crippen LogP contribution in [0.15, 0.2) is 42.5 Å². The van der Waals surface area contributed by atoms with Gasteiger partial charge in [-0.25, -0.2) is 0 Å². The van der Waals surface area contributed by atoms with Crippen LogP contribution in [0.1, 0.15) is 18.6 Å². The van der Waals surface area contributed by atoms with E-state index in [4.69, 9.17) is 27.9 Å². The van der Waals surface area contributed by atoms with Gasteiger partial charge >= 0.3 is 0 Å². The molecular weight excluding hydrogens is 271 g/mol. The van der Waals surface area contributed by atoms with Crippen LogP contribution in [0, 0.1) is 0 Å². The molecule has 2 rings (SSSR count). The van der Waals surface area contributed by atoms with Crippen molar-refractivity contribution in [3.05, 3.63) is 58.1 Å². The van der Waals surface area contributed by atoms with Gasteiger partial charge in [0, 0.05) is 5.02 Å². The molecular formula is C14H12Cl2O2. The van der Waals surface area contributed by atoms with Crippen molar-refractivity contribution in [1.29, 1.82) is 0 Å². The van der Waals surface area contributed by atoms with Crippen LogP contribution in [0.2, 0.25) is 10.0 Å². The van der Waals surface area contributed by atoms with Crippen molar-refractivity contribution in [2.45, 2.75) is 13.0 Å². The molecule has 2 nitrogen and oxygen atoms in total. The van der Waals surface area contributed by atoms with Gasteiger partial charge < -0.3 is 9.84 Å². The number of benzene rings is 2. The van der Waals surface area contributed by atoms with Gasteiger partial charge in [0.1, 0.15) is 11.5 Å². The van der Waals surface area contributed by atoms with E-state index in [0.29, 0.717) is 27.1 Å². The predicted molar refractivity (Wildman–Crippen MR) is 73.6 cm³/mol. The normalized spacial score (nSPS) is 12.2. The third kappa shape index (κ3) is 3.16. The highest BCUT2D eigenvalue weighted by Crippen LogP contribution is 2.30. The number of aliphatic hydroxyl groups excluding tert-OH is 1. The van der Waals surface area contributed by atoms with Gasteiger partial charge in [-0.1, -0.05) is 29.3 Å². The maximum atomic E-state index is 9.48. The monoisotopic (exact) mass is 282 g/mol. The molecule has 0 heterocycles. The van der Waals surface area contributed by atoms with Crippen LogP contribution in [-0.4, -0.2) is 5.11 Å². The van der Waals surface area contributed by atoms with Gasteiger partial charge in [0.2, 0.25) is 0 Å². The van der Waals surface area contributed by atoms with E-state index in [1.807, 2.05) is 0 Å². The lowest BCUT2D eigenvalue weighted by Crippen LogP contribution is -1.93. The lowest BCUT2D eigenvalue weighted by Gasteiger charge is -2.10. The molecule has 4 heteroatoms. The molecule has 18 heavy (non-hydrogen) atoms. The molecule has 94 valence electrons. The fourth-order valence-electron chi connectivity index (χ4n) is 1.55. The molecule has 0 fully saturated rings. The number of halogens is 2. The molecule has 0 aliphatic rings. The molecule has 0 aliphatic carbocycles. The Morgan fingerprint density at radius 3 is 2.17 bits per heavy atom. The summed E-state index contributed by atoms with van der Waals surface area (Å²) in [6.07, 6.45) is -0.595. The van der Waals surface area contributed by atoms with E-state index in [0.717, 1.165) is 0 Å². The summed E-state index contributed by atoms with van der Waals surface area (Å²) in [6, 6.07) is 12.3. The molecule has 0 amide bonds. The van der Waals surface area contributed by atoms with E-state index < -0.39 is 6.10 Å². The molecule has 1 N–H and O–H groups in total. The summed E-state index contributed by atoms with van der Waals surface area (Å²) in [4.78, 5) is 0. The lowest BCUT2D eigenvalue weighted by atomic mass is 10.1. The largest absolute Gasteiger partial charge is 0.457 e. The first-order valence-electron chi connectivity index (χ1n) is 5.47. The molecule has 0 aromatic heterocycles. The van der Waals surface area contributed by atoms with Crippen molar-refractivity contribution < 1.29 is 9.84 Å². The highest BCUT2D eigenvalue weighted by Gasteiger charge is 2.08. The summed E-state index contributed by atoms with van der Waals surface area (Å²) >= 11 is 11.8. The average Bonchev–Trinajstić information content (AvgIpc) is 2.32. The Morgan fingerprint density at radius 1 is 1.00 bits per heavy atom. The summed E-state index contributed by atoms with van der Waals surface area (Å²) in [5.74, 6) is 1.30. The summed E-state index contributed by atoms with van der Waals surface area (Å²) in [5, 5.41) is 10.6. The standard InChI is InChI=1S/C14H12Cl2O2/c1-9(17)13-7-6-12(8-14(13)16)18-11-4-2-10(15)3-5-11/h2-9,17H,1H3. The van der Waals surface area contributed by atoms with Crippen LogP contribution in [0.3, 0.4) is 0 Å². The van der Waals surface area contributed by atoms with Crippen molar-refractivity contribution >= 4 is 23.2 Å². The second kappa shape index (κ2) is 5.61. The van der Waals surface area contributed by atoms with Crippen molar-refractivity contribution in [2.24, 2.45) is 0 Å². The maximum absolute atomic E-state index is 9.48. The molecule has 1 unspecified atom stereocenters. The minimum Gasteiger partial charge on any atom is -0.457 e. The van der Waals surface area contributed by atoms with Crippen LogP contribution in [0.25, 0.3) is 0 Å². The Labute approximate surface area is 116 Å². The summed E-state index contributed by atoms with van der Waals surface area (Å²) in [5.41, 5.74) is 0.681. The quantitative estimate of drug-likeness (QED) is 0.873. The van der Waals surface area contributed by atoms with E-state index >= 15 is 0 Å². The zero-order valence-electron chi connectivity index (χ0n) is 9.73. The first-order chi connectivity index (χ1) is 8.56. The Bertz CT molecular complexity index is 536. The van der Waals surface area contributed by atoms with Crippen molar-refractivity contribution in [1.82, 2.24) is 0 Å². The Morgan fingerprint density at radius 2 is 1.61 bits per heavy atom. The molecule has 0 spiro atoms. The van der Waals surface area contributed by atoms with E-state index in [9.17, 15) is 5.11 Å². The van der Waals surface area contributed by atoms with E-state index in [1.54, 1.807) is 49.4 Å². The maximum Gasteiger partial charge on any atom is 0.128 e. The zero-order chi connectivity index (χ0) is 13.1. The van der Waals surface area contributed by atoms with Gasteiger partial charge in [0.15, 0.2) is 0 Å². The molecule has 0 saturated carbocycles. The highest BCUT2D eigenvalue weighted by atomic mass is 35.5. The molecule has 0 bridgehead atoms. The van der Waals surface area contributed by atoms with Gasteiger partial charge in [-0.2, -0.15) is 0 Å². The van der Waals surface area contributed by atoms with E-state index in [-0.39, 0.29) is 0 Å². The summed E-state index contributed by atoms with van der Waals surface area (Å²) < 4.78 is 5.62. The van der Waals surface area contributed by atoms with Gasteiger partial charge in [-0.05, 0) is 48.9 Å². The van der Waals surface area contributed by atoms with E-state index in [2.05, 4.69) is 0 Å². The van der Waals surface area contributed by atoms with Crippen LogP contribution >= 0.6 is 23.2 Å². The van der Waals surface area contributed by atoms with Gasteiger partial charge in [-0.3, -0.25) is 0 Å². The fourth-order valence-corrected chi connectivity index (χ4v) is 2.00. The zero-order valence-corrected chi connectivity index (χ0v) is 11.2. The fraction of sp³-hybridized carbons (Fsp3) is 0.143. The third-order valence-electron chi connectivity index (χ3n) is 2.47. The Hall–Kier alpha value is -1.22. The second-order valence-electron chi connectivity index (χ2n) is 3.92. The minimum absolute atomic E-state index is 0.483. The SMILES string of the molecule is CC(O)c1ccc(Oc2ccc(Cl)cc2)cc1Cl. The Balaban J connectivity index is 2.20. The molecule has 1 atom stereocenters. The number of ether oxygens (including phenoxy) is 1. The van der Waals surface area contributed by atoms with Crippen molar-refractivity contribution in [3.8, 4) is 11.5 Å². The van der Waals surface area contributed by atoms with Crippen molar-refractivity contribution in [2.75, 3.05) is 0 Å². The van der Waals surface area contributed by atoms with Crippen molar-refractivity contribution in [3.63, 3.8) is 0 Å². The number of hydrogen-bond donors (Lipinski definition) is 1. The third-order valence-corrected chi connectivity index (χ3v) is 3.05. The van der Waals surface area contributed by atoms with E-state index in [1.165, 1.54) is 0 Å². The predicted octanol–water partition coefficient (Wildman–Crippen LogP) is 4.84. The van der Waals surface area contributed by atoms with Gasteiger partial charge in [-0.15, -0.1) is 0 Å². The molecule has 0 radical (unpaired) electrons. The summed E-state index contributed by atoms with van der Waals surface area (Å²) in [6.45, 7) is 1.67. The minimum atomic E-state index is -0.595. The average molecular weight is 283 g/mol. The van der Waals surface area contributed by atoms with Crippen LogP contribution in [0.5, 0.6) is 11.5 Å². The Kier molecular flexibility index (Phi) is 4.12. The first kappa shape index (κ1) is 13.2. The smallest absolute Gasteiger partial charge is 0.128 e. The molecule has 2 aromatic carbocycles. The van der Waals surface area contributed by atoms with Gasteiger partial charge in [0.05, 0.1) is 11.1 Å². The molecule has 0 saturated heterocycles. The lowest BCUT2D eigenvalue weighted by molar-refractivity contribution is 0.199. The second-order valence-corrected chi connectivity index (χ2v) is 4.76.